The van der Waals surface area contributed by atoms with Gasteiger partial charge in [0, 0.05) is 23.5 Å². The fourth-order valence-electron chi connectivity index (χ4n) is 2.26. The Kier molecular flexibility index (Phi) is 5.03. The number of nitrogens with one attached hydrogen (secondary N) is 2. The number of aromatic nitrogens is 2. The SMILES string of the molecule is Cc1ccc(NC(=O)c2cccc(C(=O)Nc3ccc(C)cn3)c2)nc1. The lowest BCUT2D eigenvalue weighted by atomic mass is 10.1. The van der Waals surface area contributed by atoms with Crippen molar-refractivity contribution in [2.45, 2.75) is 13.8 Å². The minimum atomic E-state index is -0.329. The van der Waals surface area contributed by atoms with Crippen molar-refractivity contribution in [3.05, 3.63) is 83.2 Å². The van der Waals surface area contributed by atoms with Gasteiger partial charge in [0.1, 0.15) is 11.6 Å². The molecule has 0 aliphatic rings. The molecule has 130 valence electrons. The summed E-state index contributed by atoms with van der Waals surface area (Å²) in [6, 6.07) is 13.7. The summed E-state index contributed by atoms with van der Waals surface area (Å²) in [4.78, 5) is 33.0. The topological polar surface area (TPSA) is 84.0 Å². The van der Waals surface area contributed by atoms with Gasteiger partial charge in [0.2, 0.25) is 0 Å². The molecule has 0 aliphatic carbocycles. The van der Waals surface area contributed by atoms with E-state index in [2.05, 4.69) is 20.6 Å². The van der Waals surface area contributed by atoms with Crippen LogP contribution in [0.25, 0.3) is 0 Å². The minimum absolute atomic E-state index is 0.329. The summed E-state index contributed by atoms with van der Waals surface area (Å²) < 4.78 is 0. The van der Waals surface area contributed by atoms with Crippen LogP contribution >= 0.6 is 0 Å². The van der Waals surface area contributed by atoms with Gasteiger partial charge in [0.25, 0.3) is 11.8 Å². The van der Waals surface area contributed by atoms with Gasteiger partial charge in [-0.3, -0.25) is 9.59 Å². The average Bonchev–Trinajstić information content (AvgIpc) is 2.65. The number of rotatable bonds is 4. The van der Waals surface area contributed by atoms with Crippen molar-refractivity contribution in [2.75, 3.05) is 10.6 Å². The Bertz CT molecular complexity index is 860. The summed E-state index contributed by atoms with van der Waals surface area (Å²) in [6.07, 6.45) is 3.35. The van der Waals surface area contributed by atoms with Crippen molar-refractivity contribution >= 4 is 23.5 Å². The highest BCUT2D eigenvalue weighted by Gasteiger charge is 2.12. The molecule has 0 atom stereocenters. The largest absolute Gasteiger partial charge is 0.307 e. The lowest BCUT2D eigenvalue weighted by molar-refractivity contribution is 0.102. The summed E-state index contributed by atoms with van der Waals surface area (Å²) in [5, 5.41) is 5.43. The average molecular weight is 346 g/mol. The zero-order valence-corrected chi connectivity index (χ0v) is 14.5. The van der Waals surface area contributed by atoms with Crippen molar-refractivity contribution in [2.24, 2.45) is 0 Å². The van der Waals surface area contributed by atoms with Gasteiger partial charge >= 0.3 is 0 Å². The lowest BCUT2D eigenvalue weighted by Crippen LogP contribution is -2.16. The molecule has 3 aromatic rings. The van der Waals surface area contributed by atoms with Gasteiger partial charge in [-0.15, -0.1) is 0 Å². The van der Waals surface area contributed by atoms with E-state index in [0.717, 1.165) is 11.1 Å². The number of hydrogen-bond donors (Lipinski definition) is 2. The van der Waals surface area contributed by atoms with Crippen LogP contribution in [0.3, 0.4) is 0 Å². The molecule has 0 fully saturated rings. The molecule has 0 saturated carbocycles. The third-order valence-electron chi connectivity index (χ3n) is 3.69. The van der Waals surface area contributed by atoms with Crippen LogP contribution in [0.15, 0.2) is 60.9 Å². The first kappa shape index (κ1) is 17.3. The van der Waals surface area contributed by atoms with E-state index in [0.29, 0.717) is 22.8 Å². The Labute approximate surface area is 151 Å². The predicted molar refractivity (Wildman–Crippen MR) is 100 cm³/mol. The molecule has 1 aromatic carbocycles. The van der Waals surface area contributed by atoms with Gasteiger partial charge in [-0.2, -0.15) is 0 Å². The standard InChI is InChI=1S/C20H18N4O2/c1-13-6-8-17(21-11-13)23-19(25)15-4-3-5-16(10-15)20(26)24-18-9-7-14(2)12-22-18/h3-12H,1-2H3,(H,21,23,25)(H,22,24,26). The normalized spacial score (nSPS) is 10.2. The Morgan fingerprint density at radius 2 is 1.19 bits per heavy atom. The summed E-state index contributed by atoms with van der Waals surface area (Å²) in [5.74, 6) is 0.257. The van der Waals surface area contributed by atoms with E-state index in [-0.39, 0.29) is 11.8 Å². The smallest absolute Gasteiger partial charge is 0.256 e. The highest BCUT2D eigenvalue weighted by molar-refractivity contribution is 6.08. The maximum absolute atomic E-state index is 12.4. The minimum Gasteiger partial charge on any atom is -0.307 e. The van der Waals surface area contributed by atoms with Gasteiger partial charge in [-0.05, 0) is 55.3 Å². The molecular formula is C20H18N4O2. The molecule has 0 spiro atoms. The van der Waals surface area contributed by atoms with E-state index in [9.17, 15) is 9.59 Å². The van der Waals surface area contributed by atoms with Crippen LogP contribution in [-0.4, -0.2) is 21.8 Å². The van der Waals surface area contributed by atoms with Gasteiger partial charge in [0.15, 0.2) is 0 Å². The molecule has 0 saturated heterocycles. The van der Waals surface area contributed by atoms with E-state index in [4.69, 9.17) is 0 Å². The number of carbonyl (C=O) groups is 2. The van der Waals surface area contributed by atoms with Crippen molar-refractivity contribution in [3.8, 4) is 0 Å². The van der Waals surface area contributed by atoms with E-state index in [1.165, 1.54) is 6.07 Å². The quantitative estimate of drug-likeness (QED) is 0.756. The Hall–Kier alpha value is -3.54. The number of nitrogens with zero attached hydrogens (tertiary/aromatic N) is 2. The molecule has 0 radical (unpaired) electrons. The first-order valence-electron chi connectivity index (χ1n) is 8.09. The molecular weight excluding hydrogens is 328 g/mol. The van der Waals surface area contributed by atoms with Gasteiger partial charge in [-0.1, -0.05) is 18.2 Å². The Morgan fingerprint density at radius 1 is 0.731 bits per heavy atom. The first-order valence-corrected chi connectivity index (χ1v) is 8.09. The fraction of sp³-hybridized carbons (Fsp3) is 0.100. The highest BCUT2D eigenvalue weighted by atomic mass is 16.2. The predicted octanol–water partition coefficient (Wildman–Crippen LogP) is 3.60. The number of aryl methyl sites for hydroxylation is 2. The van der Waals surface area contributed by atoms with E-state index in [1.54, 1.807) is 42.7 Å². The third kappa shape index (κ3) is 4.30. The van der Waals surface area contributed by atoms with E-state index < -0.39 is 0 Å². The molecule has 0 unspecified atom stereocenters. The summed E-state index contributed by atoms with van der Waals surface area (Å²) in [5.41, 5.74) is 2.76. The molecule has 0 bridgehead atoms. The number of carbonyl (C=O) groups excluding carboxylic acids is 2. The Balaban J connectivity index is 1.72. The van der Waals surface area contributed by atoms with Gasteiger partial charge in [0.05, 0.1) is 0 Å². The van der Waals surface area contributed by atoms with E-state index >= 15 is 0 Å². The summed E-state index contributed by atoms with van der Waals surface area (Å²) in [6.45, 7) is 3.84. The third-order valence-corrected chi connectivity index (χ3v) is 3.69. The highest BCUT2D eigenvalue weighted by Crippen LogP contribution is 2.12. The number of pyridine rings is 2. The fourth-order valence-corrected chi connectivity index (χ4v) is 2.26. The van der Waals surface area contributed by atoms with Gasteiger partial charge < -0.3 is 10.6 Å². The zero-order chi connectivity index (χ0) is 18.5. The Morgan fingerprint density at radius 3 is 1.58 bits per heavy atom. The van der Waals surface area contributed by atoms with Crippen molar-refractivity contribution in [1.29, 1.82) is 0 Å². The molecule has 26 heavy (non-hydrogen) atoms. The zero-order valence-electron chi connectivity index (χ0n) is 14.5. The van der Waals surface area contributed by atoms with E-state index in [1.807, 2.05) is 26.0 Å². The molecule has 3 rings (SSSR count). The lowest BCUT2D eigenvalue weighted by Gasteiger charge is -2.08. The number of anilines is 2. The van der Waals surface area contributed by atoms with Crippen LogP contribution in [0.5, 0.6) is 0 Å². The number of amides is 2. The van der Waals surface area contributed by atoms with Gasteiger partial charge in [-0.25, -0.2) is 9.97 Å². The second-order valence-corrected chi connectivity index (χ2v) is 5.93. The van der Waals surface area contributed by atoms with Crippen LogP contribution < -0.4 is 10.6 Å². The van der Waals surface area contributed by atoms with Crippen LogP contribution in [0, 0.1) is 13.8 Å². The number of hydrogen-bond acceptors (Lipinski definition) is 4. The van der Waals surface area contributed by atoms with Crippen LogP contribution in [0.4, 0.5) is 11.6 Å². The molecule has 2 aromatic heterocycles. The molecule has 2 N–H and O–H groups in total. The van der Waals surface area contributed by atoms with Crippen LogP contribution in [0.1, 0.15) is 31.8 Å². The monoisotopic (exact) mass is 346 g/mol. The molecule has 6 heteroatoms. The summed E-state index contributed by atoms with van der Waals surface area (Å²) in [7, 11) is 0. The second-order valence-electron chi connectivity index (χ2n) is 5.93. The molecule has 2 amide bonds. The van der Waals surface area contributed by atoms with Crippen molar-refractivity contribution < 1.29 is 9.59 Å². The first-order chi connectivity index (χ1) is 12.5. The molecule has 2 heterocycles. The maximum atomic E-state index is 12.4. The van der Waals surface area contributed by atoms with Crippen molar-refractivity contribution in [3.63, 3.8) is 0 Å². The molecule has 0 aliphatic heterocycles. The maximum Gasteiger partial charge on any atom is 0.256 e. The van der Waals surface area contributed by atoms with Crippen LogP contribution in [0.2, 0.25) is 0 Å². The van der Waals surface area contributed by atoms with Crippen molar-refractivity contribution in [1.82, 2.24) is 9.97 Å². The second kappa shape index (κ2) is 7.57. The van der Waals surface area contributed by atoms with Crippen LogP contribution in [-0.2, 0) is 0 Å². The summed E-state index contributed by atoms with van der Waals surface area (Å²) >= 11 is 0. The number of benzene rings is 1. The molecule has 6 nitrogen and oxygen atoms in total.